The number of aryl methyl sites for hydroxylation is 1. The summed E-state index contributed by atoms with van der Waals surface area (Å²) in [6.07, 6.45) is 0. The predicted molar refractivity (Wildman–Crippen MR) is 73.6 cm³/mol. The van der Waals surface area contributed by atoms with Gasteiger partial charge in [-0.05, 0) is 19.1 Å². The van der Waals surface area contributed by atoms with E-state index in [2.05, 4.69) is 10.3 Å². The van der Waals surface area contributed by atoms with Crippen LogP contribution in [-0.2, 0) is 4.79 Å². The molecule has 0 unspecified atom stereocenters. The van der Waals surface area contributed by atoms with E-state index in [0.29, 0.717) is 16.3 Å². The van der Waals surface area contributed by atoms with Gasteiger partial charge in [-0.15, -0.1) is 11.3 Å². The number of hydrogen-bond donors (Lipinski definition) is 1. The van der Waals surface area contributed by atoms with Gasteiger partial charge in [-0.25, -0.2) is 4.98 Å². The minimum Gasteiger partial charge on any atom is -0.323 e. The molecule has 0 bridgehead atoms. The molecule has 96 valence electrons. The van der Waals surface area contributed by atoms with Crippen molar-refractivity contribution in [3.8, 4) is 0 Å². The highest BCUT2D eigenvalue weighted by Crippen LogP contribution is 2.30. The molecule has 0 fully saturated rings. The van der Waals surface area contributed by atoms with Crippen LogP contribution in [-0.4, -0.2) is 23.3 Å². The minimum atomic E-state index is -0.186. The first-order valence-corrected chi connectivity index (χ1v) is 6.65. The maximum atomic E-state index is 12.5. The van der Waals surface area contributed by atoms with Gasteiger partial charge in [-0.1, -0.05) is 12.1 Å². The Bertz CT molecular complexity index is 665. The van der Waals surface area contributed by atoms with Crippen LogP contribution in [0.1, 0.15) is 15.4 Å². The van der Waals surface area contributed by atoms with E-state index in [1.54, 1.807) is 18.5 Å². The molecular weight excluding hydrogens is 262 g/mol. The third kappa shape index (κ3) is 2.00. The third-order valence-electron chi connectivity index (χ3n) is 2.96. The summed E-state index contributed by atoms with van der Waals surface area (Å²) in [5.74, 6) is -0.364. The van der Waals surface area contributed by atoms with Crippen molar-refractivity contribution in [2.45, 2.75) is 6.92 Å². The highest BCUT2D eigenvalue weighted by molar-refractivity contribution is 7.12. The number of rotatable bonds is 1. The SMILES string of the molecule is Cc1ncsc1C(=O)N1CC(=O)Nc2ccccc21. The summed E-state index contributed by atoms with van der Waals surface area (Å²) in [6, 6.07) is 7.27. The number of para-hydroxylation sites is 2. The summed E-state index contributed by atoms with van der Waals surface area (Å²) in [5.41, 5.74) is 3.71. The molecule has 3 rings (SSSR count). The first-order chi connectivity index (χ1) is 9.16. The highest BCUT2D eigenvalue weighted by atomic mass is 32.1. The smallest absolute Gasteiger partial charge is 0.270 e. The highest BCUT2D eigenvalue weighted by Gasteiger charge is 2.28. The van der Waals surface area contributed by atoms with Crippen LogP contribution >= 0.6 is 11.3 Å². The summed E-state index contributed by atoms with van der Waals surface area (Å²) in [5, 5.41) is 2.76. The average Bonchev–Trinajstić information content (AvgIpc) is 2.83. The molecule has 1 aliphatic heterocycles. The number of carbonyl (C=O) groups is 2. The molecule has 2 amide bonds. The number of aromatic nitrogens is 1. The second-order valence-electron chi connectivity index (χ2n) is 4.22. The van der Waals surface area contributed by atoms with E-state index in [-0.39, 0.29) is 18.4 Å². The second kappa shape index (κ2) is 4.47. The summed E-state index contributed by atoms with van der Waals surface area (Å²) in [6.45, 7) is 1.83. The average molecular weight is 273 g/mol. The van der Waals surface area contributed by atoms with E-state index in [9.17, 15) is 9.59 Å². The van der Waals surface area contributed by atoms with E-state index in [0.717, 1.165) is 5.69 Å². The molecule has 0 saturated carbocycles. The van der Waals surface area contributed by atoms with Crippen molar-refractivity contribution >= 4 is 34.5 Å². The van der Waals surface area contributed by atoms with Crippen molar-refractivity contribution in [2.75, 3.05) is 16.8 Å². The number of benzene rings is 1. The Morgan fingerprint density at radius 3 is 2.95 bits per heavy atom. The van der Waals surface area contributed by atoms with E-state index < -0.39 is 0 Å². The summed E-state index contributed by atoms with van der Waals surface area (Å²) >= 11 is 1.29. The molecule has 2 aromatic rings. The maximum absolute atomic E-state index is 12.5. The van der Waals surface area contributed by atoms with Crippen LogP contribution in [0.15, 0.2) is 29.8 Å². The molecular formula is C13H11N3O2S. The maximum Gasteiger partial charge on any atom is 0.270 e. The Kier molecular flexibility index (Phi) is 2.79. The molecule has 6 heteroatoms. The standard InChI is InChI=1S/C13H11N3O2S/c1-8-12(19-7-14-8)13(18)16-6-11(17)15-9-4-2-3-5-10(9)16/h2-5,7H,6H2,1H3,(H,15,17). The number of thiazole rings is 1. The van der Waals surface area contributed by atoms with Gasteiger partial charge in [0.1, 0.15) is 11.4 Å². The van der Waals surface area contributed by atoms with Gasteiger partial charge < -0.3 is 5.32 Å². The molecule has 0 spiro atoms. The van der Waals surface area contributed by atoms with E-state index >= 15 is 0 Å². The quantitative estimate of drug-likeness (QED) is 0.865. The lowest BCUT2D eigenvalue weighted by Gasteiger charge is -2.28. The van der Waals surface area contributed by atoms with Gasteiger partial charge in [0.25, 0.3) is 5.91 Å². The monoisotopic (exact) mass is 273 g/mol. The predicted octanol–water partition coefficient (Wildman–Crippen LogP) is 2.05. The number of hydrogen-bond acceptors (Lipinski definition) is 4. The fourth-order valence-corrected chi connectivity index (χ4v) is 2.79. The number of nitrogens with one attached hydrogen (secondary N) is 1. The van der Waals surface area contributed by atoms with E-state index in [1.807, 2.05) is 18.2 Å². The van der Waals surface area contributed by atoms with Crippen molar-refractivity contribution < 1.29 is 9.59 Å². The molecule has 5 nitrogen and oxygen atoms in total. The Morgan fingerprint density at radius 2 is 2.21 bits per heavy atom. The minimum absolute atomic E-state index is 0.0349. The van der Waals surface area contributed by atoms with Crippen molar-refractivity contribution in [1.29, 1.82) is 0 Å². The Balaban J connectivity index is 2.04. The zero-order valence-corrected chi connectivity index (χ0v) is 11.0. The fourth-order valence-electron chi connectivity index (χ4n) is 2.04. The van der Waals surface area contributed by atoms with Crippen LogP contribution in [0.25, 0.3) is 0 Å². The summed E-state index contributed by atoms with van der Waals surface area (Å²) < 4.78 is 0. The molecule has 1 N–H and O–H groups in total. The second-order valence-corrected chi connectivity index (χ2v) is 5.08. The van der Waals surface area contributed by atoms with E-state index in [4.69, 9.17) is 0 Å². The lowest BCUT2D eigenvalue weighted by atomic mass is 10.2. The van der Waals surface area contributed by atoms with Crippen LogP contribution in [0.3, 0.4) is 0 Å². The normalized spacial score (nSPS) is 13.9. The first-order valence-electron chi connectivity index (χ1n) is 5.77. The largest absolute Gasteiger partial charge is 0.323 e. The first kappa shape index (κ1) is 11.9. The van der Waals surface area contributed by atoms with Gasteiger partial charge in [0.15, 0.2) is 0 Å². The number of amides is 2. The number of anilines is 2. The van der Waals surface area contributed by atoms with Crippen molar-refractivity contribution in [3.05, 3.63) is 40.3 Å². The molecule has 1 aliphatic rings. The van der Waals surface area contributed by atoms with Gasteiger partial charge >= 0.3 is 0 Å². The van der Waals surface area contributed by atoms with Crippen LogP contribution in [0.2, 0.25) is 0 Å². The molecule has 0 radical (unpaired) electrons. The van der Waals surface area contributed by atoms with Crippen molar-refractivity contribution in [2.24, 2.45) is 0 Å². The lowest BCUT2D eigenvalue weighted by Crippen LogP contribution is -2.42. The van der Waals surface area contributed by atoms with Crippen molar-refractivity contribution in [3.63, 3.8) is 0 Å². The molecule has 1 aromatic heterocycles. The summed E-state index contributed by atoms with van der Waals surface area (Å²) in [7, 11) is 0. The molecule has 0 aliphatic carbocycles. The number of nitrogens with zero attached hydrogens (tertiary/aromatic N) is 2. The van der Waals surface area contributed by atoms with Gasteiger partial charge in [0.2, 0.25) is 5.91 Å². The van der Waals surface area contributed by atoms with Gasteiger partial charge in [0.05, 0.1) is 22.6 Å². The lowest BCUT2D eigenvalue weighted by molar-refractivity contribution is -0.115. The van der Waals surface area contributed by atoms with Crippen LogP contribution in [0.4, 0.5) is 11.4 Å². The van der Waals surface area contributed by atoms with Crippen LogP contribution < -0.4 is 10.2 Å². The Morgan fingerprint density at radius 1 is 1.42 bits per heavy atom. The molecule has 19 heavy (non-hydrogen) atoms. The molecule has 0 saturated heterocycles. The Labute approximate surface area is 113 Å². The fraction of sp³-hybridized carbons (Fsp3) is 0.154. The number of carbonyl (C=O) groups excluding carboxylic acids is 2. The van der Waals surface area contributed by atoms with Crippen LogP contribution in [0.5, 0.6) is 0 Å². The number of fused-ring (bicyclic) bond motifs is 1. The topological polar surface area (TPSA) is 62.3 Å². The van der Waals surface area contributed by atoms with Gasteiger partial charge in [-0.3, -0.25) is 14.5 Å². The van der Waals surface area contributed by atoms with Gasteiger partial charge in [-0.2, -0.15) is 0 Å². The Hall–Kier alpha value is -2.21. The zero-order valence-electron chi connectivity index (χ0n) is 10.2. The van der Waals surface area contributed by atoms with Crippen LogP contribution in [0, 0.1) is 6.92 Å². The molecule has 2 heterocycles. The van der Waals surface area contributed by atoms with E-state index in [1.165, 1.54) is 16.2 Å². The van der Waals surface area contributed by atoms with Crippen molar-refractivity contribution in [1.82, 2.24) is 4.98 Å². The van der Waals surface area contributed by atoms with Gasteiger partial charge in [0, 0.05) is 0 Å². The summed E-state index contributed by atoms with van der Waals surface area (Å²) in [4.78, 5) is 30.3. The zero-order chi connectivity index (χ0) is 13.4. The molecule has 1 aromatic carbocycles. The third-order valence-corrected chi connectivity index (χ3v) is 3.87. The molecule has 0 atom stereocenters.